The third-order valence-electron chi connectivity index (χ3n) is 2.90. The number of carbonyl (C=O) groups excluding carboxylic acids is 1. The predicted octanol–water partition coefficient (Wildman–Crippen LogP) is 2.17. The van der Waals surface area contributed by atoms with Crippen LogP contribution in [-0.2, 0) is 4.79 Å². The van der Waals surface area contributed by atoms with Crippen LogP contribution in [0.25, 0.3) is 0 Å². The molecule has 0 aliphatic carbocycles. The normalized spacial score (nSPS) is 9.59. The van der Waals surface area contributed by atoms with Crippen molar-refractivity contribution in [1.82, 2.24) is 5.32 Å². The average Bonchev–Trinajstić information content (AvgIpc) is 2.58. The summed E-state index contributed by atoms with van der Waals surface area (Å²) in [5, 5.41) is 14.5. The highest BCUT2D eigenvalue weighted by Gasteiger charge is 2.01. The second-order valence-corrected chi connectivity index (χ2v) is 4.55. The van der Waals surface area contributed by atoms with E-state index >= 15 is 0 Å². The number of ether oxygens (including phenoxy) is 1. The summed E-state index contributed by atoms with van der Waals surface area (Å²) in [6.07, 6.45) is 0. The molecule has 112 valence electrons. The lowest BCUT2D eigenvalue weighted by atomic mass is 10.2. The highest BCUT2D eigenvalue weighted by molar-refractivity contribution is 5.80. The summed E-state index contributed by atoms with van der Waals surface area (Å²) in [5.41, 5.74) is 1.39. The van der Waals surface area contributed by atoms with Gasteiger partial charge in [-0.3, -0.25) is 4.79 Å². The second kappa shape index (κ2) is 8.32. The fourth-order valence-electron chi connectivity index (χ4n) is 1.78. The molecule has 5 heteroatoms. The van der Waals surface area contributed by atoms with Crippen molar-refractivity contribution >= 4 is 11.6 Å². The molecule has 0 aromatic heterocycles. The Morgan fingerprint density at radius 2 is 1.82 bits per heavy atom. The molecule has 0 heterocycles. The van der Waals surface area contributed by atoms with Crippen LogP contribution in [0.3, 0.4) is 0 Å². The van der Waals surface area contributed by atoms with E-state index in [0.717, 1.165) is 11.4 Å². The van der Waals surface area contributed by atoms with Crippen LogP contribution in [0.1, 0.15) is 5.56 Å². The van der Waals surface area contributed by atoms with E-state index in [0.29, 0.717) is 18.7 Å². The smallest absolute Gasteiger partial charge is 0.239 e. The van der Waals surface area contributed by atoms with Gasteiger partial charge in [-0.1, -0.05) is 18.2 Å². The van der Waals surface area contributed by atoms with Crippen molar-refractivity contribution in [3.8, 4) is 11.8 Å². The molecule has 0 radical (unpaired) electrons. The number of nitrogens with zero attached hydrogens (tertiary/aromatic N) is 1. The SMILES string of the molecule is N#Cc1ccc(NCC(=O)NCCOc2ccccc2)cc1. The van der Waals surface area contributed by atoms with Crippen molar-refractivity contribution in [3.63, 3.8) is 0 Å². The van der Waals surface area contributed by atoms with Gasteiger partial charge in [0.1, 0.15) is 12.4 Å². The fourth-order valence-corrected chi connectivity index (χ4v) is 1.78. The molecule has 2 N–H and O–H groups in total. The zero-order valence-electron chi connectivity index (χ0n) is 12.1. The monoisotopic (exact) mass is 295 g/mol. The molecule has 2 aromatic carbocycles. The molecule has 0 bridgehead atoms. The number of anilines is 1. The summed E-state index contributed by atoms with van der Waals surface area (Å²) in [6, 6.07) is 18.4. The Hall–Kier alpha value is -3.00. The highest BCUT2D eigenvalue weighted by Crippen LogP contribution is 2.08. The van der Waals surface area contributed by atoms with Crippen LogP contribution in [0.5, 0.6) is 5.75 Å². The molecule has 0 aliphatic rings. The zero-order valence-corrected chi connectivity index (χ0v) is 12.1. The minimum absolute atomic E-state index is 0.110. The predicted molar refractivity (Wildman–Crippen MR) is 84.6 cm³/mol. The quantitative estimate of drug-likeness (QED) is 0.768. The summed E-state index contributed by atoms with van der Waals surface area (Å²) >= 11 is 0. The number of carbonyl (C=O) groups is 1. The molecule has 22 heavy (non-hydrogen) atoms. The molecule has 0 unspecified atom stereocenters. The van der Waals surface area contributed by atoms with Gasteiger partial charge in [-0.15, -0.1) is 0 Å². The molecule has 0 fully saturated rings. The van der Waals surface area contributed by atoms with Gasteiger partial charge in [0.2, 0.25) is 5.91 Å². The second-order valence-electron chi connectivity index (χ2n) is 4.55. The number of benzene rings is 2. The Morgan fingerprint density at radius 3 is 2.50 bits per heavy atom. The van der Waals surface area contributed by atoms with Crippen LogP contribution < -0.4 is 15.4 Å². The lowest BCUT2D eigenvalue weighted by Gasteiger charge is -2.09. The highest BCUT2D eigenvalue weighted by atomic mass is 16.5. The van der Waals surface area contributed by atoms with Gasteiger partial charge in [0, 0.05) is 5.69 Å². The Balaban J connectivity index is 1.62. The summed E-state index contributed by atoms with van der Waals surface area (Å²) in [5.74, 6) is 0.675. The van der Waals surface area contributed by atoms with Crippen LogP contribution >= 0.6 is 0 Å². The Kier molecular flexibility index (Phi) is 5.82. The minimum Gasteiger partial charge on any atom is -0.492 e. The standard InChI is InChI=1S/C17H17N3O2/c18-12-14-6-8-15(9-7-14)20-13-17(21)19-10-11-22-16-4-2-1-3-5-16/h1-9,20H,10-11,13H2,(H,19,21). The first-order valence-electron chi connectivity index (χ1n) is 6.96. The first kappa shape index (κ1) is 15.4. The summed E-state index contributed by atoms with van der Waals surface area (Å²) < 4.78 is 5.48. The molecule has 2 aromatic rings. The van der Waals surface area contributed by atoms with Gasteiger partial charge in [-0.25, -0.2) is 0 Å². The van der Waals surface area contributed by atoms with Gasteiger partial charge >= 0.3 is 0 Å². The Bertz CT molecular complexity index is 633. The van der Waals surface area contributed by atoms with Gasteiger partial charge in [-0.2, -0.15) is 5.26 Å². The number of nitriles is 1. The van der Waals surface area contributed by atoms with Crippen molar-refractivity contribution in [3.05, 3.63) is 60.2 Å². The lowest BCUT2D eigenvalue weighted by Crippen LogP contribution is -2.32. The lowest BCUT2D eigenvalue weighted by molar-refractivity contribution is -0.119. The molecule has 1 amide bonds. The van der Waals surface area contributed by atoms with E-state index in [1.165, 1.54) is 0 Å². The molecule has 0 saturated heterocycles. The Labute approximate surface area is 129 Å². The maximum absolute atomic E-state index is 11.7. The van der Waals surface area contributed by atoms with Gasteiger partial charge in [0.05, 0.1) is 24.7 Å². The number of hydrogen-bond acceptors (Lipinski definition) is 4. The molecule has 0 atom stereocenters. The van der Waals surface area contributed by atoms with Gasteiger partial charge in [0.15, 0.2) is 0 Å². The minimum atomic E-state index is -0.110. The zero-order chi connectivity index (χ0) is 15.6. The number of amides is 1. The van der Waals surface area contributed by atoms with Crippen molar-refractivity contribution in [2.45, 2.75) is 0 Å². The largest absolute Gasteiger partial charge is 0.492 e. The van der Waals surface area contributed by atoms with E-state index in [9.17, 15) is 4.79 Å². The third-order valence-corrected chi connectivity index (χ3v) is 2.90. The summed E-state index contributed by atoms with van der Waals surface area (Å²) in [6.45, 7) is 1.05. The number of hydrogen-bond donors (Lipinski definition) is 2. The van der Waals surface area contributed by atoms with Crippen LogP contribution in [0.2, 0.25) is 0 Å². The van der Waals surface area contributed by atoms with Crippen LogP contribution in [0.15, 0.2) is 54.6 Å². The van der Waals surface area contributed by atoms with E-state index in [1.807, 2.05) is 36.4 Å². The van der Waals surface area contributed by atoms with Gasteiger partial charge in [-0.05, 0) is 36.4 Å². The van der Waals surface area contributed by atoms with E-state index in [1.54, 1.807) is 24.3 Å². The van der Waals surface area contributed by atoms with E-state index in [4.69, 9.17) is 10.00 Å². The fraction of sp³-hybridized carbons (Fsp3) is 0.176. The molecular weight excluding hydrogens is 278 g/mol. The third kappa shape index (κ3) is 5.17. The van der Waals surface area contributed by atoms with Crippen molar-refractivity contribution in [2.24, 2.45) is 0 Å². The van der Waals surface area contributed by atoms with E-state index < -0.39 is 0 Å². The molecule has 0 saturated carbocycles. The molecule has 2 rings (SSSR count). The maximum atomic E-state index is 11.7. The van der Waals surface area contributed by atoms with E-state index in [2.05, 4.69) is 10.6 Å². The number of nitrogens with one attached hydrogen (secondary N) is 2. The van der Waals surface area contributed by atoms with E-state index in [-0.39, 0.29) is 12.5 Å². The first-order chi connectivity index (χ1) is 10.8. The topological polar surface area (TPSA) is 74.2 Å². The average molecular weight is 295 g/mol. The summed E-state index contributed by atoms with van der Waals surface area (Å²) in [4.78, 5) is 11.7. The van der Waals surface area contributed by atoms with Crippen molar-refractivity contribution in [2.75, 3.05) is 25.0 Å². The van der Waals surface area contributed by atoms with Crippen molar-refractivity contribution < 1.29 is 9.53 Å². The number of rotatable bonds is 7. The molecule has 0 spiro atoms. The van der Waals surface area contributed by atoms with Crippen LogP contribution in [-0.4, -0.2) is 25.6 Å². The van der Waals surface area contributed by atoms with Crippen LogP contribution in [0, 0.1) is 11.3 Å². The Morgan fingerprint density at radius 1 is 1.09 bits per heavy atom. The molecule has 5 nitrogen and oxygen atoms in total. The number of para-hydroxylation sites is 1. The van der Waals surface area contributed by atoms with Crippen molar-refractivity contribution in [1.29, 1.82) is 5.26 Å². The van der Waals surface area contributed by atoms with Gasteiger partial charge < -0.3 is 15.4 Å². The molecular formula is C17H17N3O2. The van der Waals surface area contributed by atoms with Crippen LogP contribution in [0.4, 0.5) is 5.69 Å². The summed E-state index contributed by atoms with van der Waals surface area (Å²) in [7, 11) is 0. The maximum Gasteiger partial charge on any atom is 0.239 e. The first-order valence-corrected chi connectivity index (χ1v) is 6.96. The van der Waals surface area contributed by atoms with Gasteiger partial charge in [0.25, 0.3) is 0 Å². The molecule has 0 aliphatic heterocycles.